The van der Waals surface area contributed by atoms with Gasteiger partial charge in [0.2, 0.25) is 0 Å². The maximum Gasteiger partial charge on any atom is 0.485 e. The van der Waals surface area contributed by atoms with E-state index in [-0.39, 0.29) is 49.2 Å². The predicted molar refractivity (Wildman–Crippen MR) is 89.7 cm³/mol. The van der Waals surface area contributed by atoms with E-state index in [1.54, 1.807) is 0 Å². The van der Waals surface area contributed by atoms with Crippen molar-refractivity contribution in [3.8, 4) is 0 Å². The summed E-state index contributed by atoms with van der Waals surface area (Å²) in [6.07, 6.45) is 0.681. The number of hydrogen-bond donors (Lipinski definition) is 2. The third-order valence-corrected chi connectivity index (χ3v) is 7.16. The lowest BCUT2D eigenvalue weighted by Crippen LogP contribution is -2.53. The zero-order valence-electron chi connectivity index (χ0n) is 12.0. The van der Waals surface area contributed by atoms with Crippen molar-refractivity contribution in [2.45, 2.75) is 36.9 Å². The Balaban J connectivity index is 3.34. The first kappa shape index (κ1) is 22.5. The van der Waals surface area contributed by atoms with Gasteiger partial charge in [-0.15, -0.1) is 46.4 Å². The van der Waals surface area contributed by atoms with Crippen LogP contribution in [0.5, 0.6) is 0 Å². The summed E-state index contributed by atoms with van der Waals surface area (Å²) < 4.78 is 38.9. The fourth-order valence-electron chi connectivity index (χ4n) is 2.73. The van der Waals surface area contributed by atoms with E-state index in [2.05, 4.69) is 4.31 Å². The van der Waals surface area contributed by atoms with Gasteiger partial charge in [-0.25, -0.2) is 9.13 Å². The van der Waals surface area contributed by atoms with Crippen molar-refractivity contribution >= 4 is 62.0 Å². The Kier molecular flexibility index (Phi) is 8.67. The predicted octanol–water partition coefficient (Wildman–Crippen LogP) is 4.24. The molecule has 1 saturated heterocycles. The van der Waals surface area contributed by atoms with E-state index in [0.29, 0.717) is 0 Å². The maximum atomic E-state index is 12.6. The van der Waals surface area contributed by atoms with E-state index >= 15 is 0 Å². The number of rotatable bonds is 10. The highest BCUT2D eigenvalue weighted by molar-refractivity contribution is 7.61. The number of phosphoric ester groups is 1. The van der Waals surface area contributed by atoms with Crippen LogP contribution in [-0.4, -0.2) is 44.5 Å². The zero-order chi connectivity index (χ0) is 17.8. The van der Waals surface area contributed by atoms with E-state index < -0.39 is 26.8 Å². The first-order chi connectivity index (χ1) is 10.6. The maximum absolute atomic E-state index is 12.6. The third kappa shape index (κ3) is 5.45. The average molecular weight is 454 g/mol. The molecular weight excluding hydrogens is 436 g/mol. The molecule has 0 aliphatic carbocycles. The van der Waals surface area contributed by atoms with Gasteiger partial charge in [-0.1, -0.05) is 0 Å². The van der Waals surface area contributed by atoms with Crippen LogP contribution in [0, 0.1) is 0 Å². The fraction of sp³-hybridized carbons (Fsp3) is 1.00. The highest BCUT2D eigenvalue weighted by Gasteiger charge is 2.66. The molecule has 1 aliphatic rings. The molecule has 0 amide bonds. The molecule has 0 bridgehead atoms. The highest BCUT2D eigenvalue weighted by atomic mass is 35.5. The van der Waals surface area contributed by atoms with E-state index in [1.807, 2.05) is 0 Å². The average Bonchev–Trinajstić information content (AvgIpc) is 2.57. The molecule has 13 heteroatoms. The van der Waals surface area contributed by atoms with Crippen molar-refractivity contribution in [1.82, 2.24) is 0 Å². The molecule has 1 rings (SSSR count). The Morgan fingerprint density at radius 1 is 0.870 bits per heavy atom. The summed E-state index contributed by atoms with van der Waals surface area (Å²) in [6, 6.07) is 0. The van der Waals surface area contributed by atoms with Crippen LogP contribution < -0.4 is 0 Å². The second-order valence-electron chi connectivity index (χ2n) is 4.95. The Morgan fingerprint density at radius 3 is 1.39 bits per heavy atom. The summed E-state index contributed by atoms with van der Waals surface area (Å²) in [7, 11) is -9.66. The number of halogens is 4. The minimum Gasteiger partial charge on any atom is -0.302 e. The van der Waals surface area contributed by atoms with Crippen LogP contribution in [-0.2, 0) is 22.5 Å². The summed E-state index contributed by atoms with van der Waals surface area (Å²) in [5.74, 6) is 0.454. The molecule has 1 heterocycles. The Labute approximate surface area is 154 Å². The van der Waals surface area contributed by atoms with Crippen LogP contribution in [0.25, 0.3) is 0 Å². The molecule has 7 nitrogen and oxygen atoms in total. The standard InChI is InChI=1S/C10H18Cl4O7P2/c11-5-1-9(2-6-12)10(3-7-13,4-8-14)20-23(18,19-9)21-22(15,16)17/h1-8H2,(H2,15,16,17). The van der Waals surface area contributed by atoms with Crippen LogP contribution in [0.2, 0.25) is 0 Å². The second-order valence-corrected chi connectivity index (χ2v) is 9.35. The van der Waals surface area contributed by atoms with Gasteiger partial charge in [-0.2, -0.15) is 4.31 Å². The molecule has 0 aromatic heterocycles. The van der Waals surface area contributed by atoms with E-state index in [1.165, 1.54) is 0 Å². The molecule has 0 aromatic carbocycles. The first-order valence-electron chi connectivity index (χ1n) is 6.64. The molecule has 0 saturated carbocycles. The molecule has 138 valence electrons. The molecule has 0 unspecified atom stereocenters. The first-order valence-corrected chi connectivity index (χ1v) is 11.8. The summed E-state index contributed by atoms with van der Waals surface area (Å²) >= 11 is 23.3. The molecule has 0 spiro atoms. The van der Waals surface area contributed by atoms with Gasteiger partial charge in [0.1, 0.15) is 11.2 Å². The lowest BCUT2D eigenvalue weighted by molar-refractivity contribution is -0.0578. The van der Waals surface area contributed by atoms with Crippen molar-refractivity contribution in [2.75, 3.05) is 23.5 Å². The van der Waals surface area contributed by atoms with Gasteiger partial charge in [0.15, 0.2) is 0 Å². The van der Waals surface area contributed by atoms with Crippen LogP contribution >= 0.6 is 62.0 Å². The summed E-state index contributed by atoms with van der Waals surface area (Å²) in [6.45, 7) is 0. The van der Waals surface area contributed by atoms with E-state index in [9.17, 15) is 9.13 Å². The fourth-order valence-corrected chi connectivity index (χ4v) is 6.85. The molecule has 23 heavy (non-hydrogen) atoms. The topological polar surface area (TPSA) is 102 Å². The van der Waals surface area contributed by atoms with Crippen LogP contribution in [0.3, 0.4) is 0 Å². The summed E-state index contributed by atoms with van der Waals surface area (Å²) in [4.78, 5) is 17.9. The van der Waals surface area contributed by atoms with Gasteiger partial charge in [0, 0.05) is 23.5 Å². The third-order valence-electron chi connectivity index (χ3n) is 3.60. The van der Waals surface area contributed by atoms with Crippen LogP contribution in [0.15, 0.2) is 0 Å². The van der Waals surface area contributed by atoms with Gasteiger partial charge in [-0.3, -0.25) is 9.05 Å². The van der Waals surface area contributed by atoms with Crippen molar-refractivity contribution in [1.29, 1.82) is 0 Å². The van der Waals surface area contributed by atoms with Crippen molar-refractivity contribution < 1.29 is 32.3 Å². The van der Waals surface area contributed by atoms with Gasteiger partial charge in [0.25, 0.3) is 0 Å². The zero-order valence-corrected chi connectivity index (χ0v) is 16.8. The minimum absolute atomic E-state index is 0.114. The van der Waals surface area contributed by atoms with Crippen molar-refractivity contribution in [3.63, 3.8) is 0 Å². The van der Waals surface area contributed by atoms with Crippen molar-refractivity contribution in [2.24, 2.45) is 0 Å². The molecule has 0 radical (unpaired) electrons. The SMILES string of the molecule is O=P(O)(O)OP1(=O)OC(CCCl)(CCCl)C(CCCl)(CCCl)O1. The molecule has 0 aromatic rings. The van der Waals surface area contributed by atoms with Crippen LogP contribution in [0.4, 0.5) is 0 Å². The van der Waals surface area contributed by atoms with Crippen LogP contribution in [0.1, 0.15) is 25.7 Å². The van der Waals surface area contributed by atoms with E-state index in [4.69, 9.17) is 65.2 Å². The Hall–Kier alpha value is 1.42. The number of phosphoric acid groups is 2. The minimum atomic E-state index is -5.11. The van der Waals surface area contributed by atoms with Gasteiger partial charge in [-0.05, 0) is 25.7 Å². The lowest BCUT2D eigenvalue weighted by Gasteiger charge is -2.41. The molecule has 0 atom stereocenters. The molecule has 2 N–H and O–H groups in total. The molecule has 1 aliphatic heterocycles. The number of hydrogen-bond acceptors (Lipinski definition) is 5. The molecular formula is C10H18Cl4O7P2. The van der Waals surface area contributed by atoms with E-state index in [0.717, 1.165) is 0 Å². The van der Waals surface area contributed by atoms with Gasteiger partial charge < -0.3 is 9.79 Å². The normalized spacial score (nSPS) is 22.3. The monoisotopic (exact) mass is 452 g/mol. The largest absolute Gasteiger partial charge is 0.485 e. The second kappa shape index (κ2) is 8.88. The highest BCUT2D eigenvalue weighted by Crippen LogP contribution is 2.73. The smallest absolute Gasteiger partial charge is 0.302 e. The molecule has 1 fully saturated rings. The number of alkyl halides is 4. The van der Waals surface area contributed by atoms with Gasteiger partial charge in [0.05, 0.1) is 0 Å². The van der Waals surface area contributed by atoms with Gasteiger partial charge >= 0.3 is 15.6 Å². The summed E-state index contributed by atoms with van der Waals surface area (Å²) in [5, 5.41) is 0. The Morgan fingerprint density at radius 2 is 1.17 bits per heavy atom. The van der Waals surface area contributed by atoms with Crippen molar-refractivity contribution in [3.05, 3.63) is 0 Å². The summed E-state index contributed by atoms with van der Waals surface area (Å²) in [5.41, 5.74) is -2.55. The lowest BCUT2D eigenvalue weighted by atomic mass is 9.75. The quantitative estimate of drug-likeness (QED) is 0.376. The Bertz CT molecular complexity index is 446.